The van der Waals surface area contributed by atoms with Crippen molar-refractivity contribution in [3.8, 4) is 11.1 Å². The van der Waals surface area contributed by atoms with Crippen LogP contribution in [-0.2, 0) is 6.54 Å². The van der Waals surface area contributed by atoms with Crippen LogP contribution < -0.4 is 10.9 Å². The summed E-state index contributed by atoms with van der Waals surface area (Å²) in [5.41, 5.74) is 1.63. The van der Waals surface area contributed by atoms with E-state index in [1.807, 2.05) is 25.1 Å². The maximum absolute atomic E-state index is 12.3. The molecule has 4 aromatic rings. The van der Waals surface area contributed by atoms with Gasteiger partial charge in [-0.1, -0.05) is 35.4 Å². The fourth-order valence-corrected chi connectivity index (χ4v) is 2.67. The van der Waals surface area contributed by atoms with E-state index in [0.29, 0.717) is 28.8 Å². The summed E-state index contributed by atoms with van der Waals surface area (Å²) in [4.78, 5) is 25.9. The molecule has 2 aromatic heterocycles. The second-order valence-electron chi connectivity index (χ2n) is 5.82. The average Bonchev–Trinajstić information content (AvgIpc) is 3.15. The fraction of sp³-hybridized carbons (Fsp3) is 0.105. The Bertz CT molecular complexity index is 1180. The van der Waals surface area contributed by atoms with E-state index in [1.54, 1.807) is 36.4 Å². The monoisotopic (exact) mass is 361 g/mol. The van der Waals surface area contributed by atoms with Crippen LogP contribution in [0.3, 0.4) is 0 Å². The van der Waals surface area contributed by atoms with Crippen LogP contribution in [0.5, 0.6) is 0 Å². The predicted octanol–water partition coefficient (Wildman–Crippen LogP) is 2.72. The van der Waals surface area contributed by atoms with E-state index in [1.165, 1.54) is 4.80 Å². The predicted molar refractivity (Wildman–Crippen MR) is 99.4 cm³/mol. The molecule has 8 nitrogen and oxygen atoms in total. The lowest BCUT2D eigenvalue weighted by molar-refractivity contribution is 0.102. The summed E-state index contributed by atoms with van der Waals surface area (Å²) in [7, 11) is 0. The number of amides is 1. The Kier molecular flexibility index (Phi) is 4.21. The van der Waals surface area contributed by atoms with Gasteiger partial charge >= 0.3 is 5.63 Å². The number of aryl methyl sites for hydroxylation is 1. The van der Waals surface area contributed by atoms with Gasteiger partial charge in [0, 0.05) is 10.9 Å². The van der Waals surface area contributed by atoms with Crippen LogP contribution in [-0.4, -0.2) is 26.1 Å². The number of nitrogens with zero attached hydrogens (tertiary/aromatic N) is 4. The third kappa shape index (κ3) is 3.32. The van der Waals surface area contributed by atoms with Gasteiger partial charge < -0.3 is 4.42 Å². The Morgan fingerprint density at radius 2 is 1.93 bits per heavy atom. The van der Waals surface area contributed by atoms with Gasteiger partial charge in [0.1, 0.15) is 5.58 Å². The van der Waals surface area contributed by atoms with Crippen molar-refractivity contribution in [2.75, 3.05) is 5.32 Å². The number of fused-ring (bicyclic) bond motifs is 1. The molecule has 0 aliphatic heterocycles. The molecular weight excluding hydrogens is 346 g/mol. The van der Waals surface area contributed by atoms with Gasteiger partial charge in [0.15, 0.2) is 0 Å². The number of benzene rings is 2. The maximum atomic E-state index is 12.3. The zero-order valence-electron chi connectivity index (χ0n) is 14.4. The van der Waals surface area contributed by atoms with Crippen molar-refractivity contribution in [1.82, 2.24) is 20.2 Å². The van der Waals surface area contributed by atoms with Gasteiger partial charge in [0.05, 0.1) is 12.1 Å². The largest absolute Gasteiger partial charge is 0.422 e. The smallest absolute Gasteiger partial charge is 0.344 e. The quantitative estimate of drug-likeness (QED) is 0.561. The minimum atomic E-state index is -0.425. The molecule has 27 heavy (non-hydrogen) atoms. The van der Waals surface area contributed by atoms with Crippen molar-refractivity contribution >= 4 is 22.8 Å². The van der Waals surface area contributed by atoms with Crippen molar-refractivity contribution in [1.29, 1.82) is 0 Å². The van der Waals surface area contributed by atoms with Gasteiger partial charge in [0.25, 0.3) is 11.9 Å². The molecular formula is C19H15N5O3. The van der Waals surface area contributed by atoms with Gasteiger partial charge in [-0.15, -0.1) is 5.10 Å². The zero-order valence-corrected chi connectivity index (χ0v) is 14.4. The number of rotatable bonds is 4. The molecule has 1 N–H and O–H groups in total. The Morgan fingerprint density at radius 1 is 1.15 bits per heavy atom. The first kappa shape index (κ1) is 16.6. The molecule has 0 aliphatic carbocycles. The minimum Gasteiger partial charge on any atom is -0.422 e. The molecule has 8 heteroatoms. The first-order valence-corrected chi connectivity index (χ1v) is 8.36. The molecule has 1 amide bonds. The second-order valence-corrected chi connectivity index (χ2v) is 5.82. The number of carbonyl (C=O) groups excluding carboxylic acids is 1. The van der Waals surface area contributed by atoms with Gasteiger partial charge in [0.2, 0.25) is 0 Å². The molecule has 0 aliphatic rings. The van der Waals surface area contributed by atoms with Crippen molar-refractivity contribution in [2.45, 2.75) is 13.5 Å². The SMILES string of the molecule is CCn1nnc(NC(=O)c2ccc(-c3cc4ccccc4oc3=O)cc2)n1. The second kappa shape index (κ2) is 6.83. The number of nitrogens with one attached hydrogen (secondary N) is 1. The summed E-state index contributed by atoms with van der Waals surface area (Å²) in [5, 5.41) is 15.0. The number of hydrogen-bond acceptors (Lipinski definition) is 6. The van der Waals surface area contributed by atoms with Gasteiger partial charge in [-0.2, -0.15) is 4.80 Å². The number of tetrazole rings is 1. The Balaban J connectivity index is 1.59. The third-order valence-electron chi connectivity index (χ3n) is 4.06. The van der Waals surface area contributed by atoms with E-state index in [9.17, 15) is 9.59 Å². The fourth-order valence-electron chi connectivity index (χ4n) is 2.67. The van der Waals surface area contributed by atoms with Gasteiger partial charge in [-0.25, -0.2) is 4.79 Å². The first-order valence-electron chi connectivity index (χ1n) is 8.36. The lowest BCUT2D eigenvalue weighted by atomic mass is 10.0. The zero-order chi connectivity index (χ0) is 18.8. The molecule has 0 saturated carbocycles. The van der Waals surface area contributed by atoms with Crippen LogP contribution in [0.15, 0.2) is 63.8 Å². The van der Waals surface area contributed by atoms with Crippen molar-refractivity contribution in [3.05, 3.63) is 70.6 Å². The molecule has 134 valence electrons. The average molecular weight is 361 g/mol. The number of aromatic nitrogens is 4. The maximum Gasteiger partial charge on any atom is 0.344 e. The Morgan fingerprint density at radius 3 is 2.67 bits per heavy atom. The van der Waals surface area contributed by atoms with Crippen molar-refractivity contribution in [2.24, 2.45) is 0 Å². The summed E-state index contributed by atoms with van der Waals surface area (Å²) >= 11 is 0. The summed E-state index contributed by atoms with van der Waals surface area (Å²) in [6.45, 7) is 2.43. The molecule has 0 unspecified atom stereocenters. The summed E-state index contributed by atoms with van der Waals surface area (Å²) in [6, 6.07) is 15.8. The normalized spacial score (nSPS) is 10.9. The number of anilines is 1. The topological polar surface area (TPSA) is 103 Å². The minimum absolute atomic E-state index is 0.140. The summed E-state index contributed by atoms with van der Waals surface area (Å²) in [6.07, 6.45) is 0. The van der Waals surface area contributed by atoms with E-state index < -0.39 is 5.63 Å². The van der Waals surface area contributed by atoms with E-state index in [4.69, 9.17) is 4.42 Å². The van der Waals surface area contributed by atoms with Crippen molar-refractivity contribution in [3.63, 3.8) is 0 Å². The van der Waals surface area contributed by atoms with Crippen LogP contribution in [0, 0.1) is 0 Å². The lowest BCUT2D eigenvalue weighted by Gasteiger charge is -2.04. The highest BCUT2D eigenvalue weighted by Crippen LogP contribution is 2.21. The summed E-state index contributed by atoms with van der Waals surface area (Å²) < 4.78 is 5.36. The molecule has 4 rings (SSSR count). The Labute approximate surface area is 153 Å². The van der Waals surface area contributed by atoms with E-state index in [-0.39, 0.29) is 11.9 Å². The highest BCUT2D eigenvalue weighted by atomic mass is 16.4. The summed E-state index contributed by atoms with van der Waals surface area (Å²) in [5.74, 6) is -0.219. The van der Waals surface area contributed by atoms with E-state index in [2.05, 4.69) is 20.7 Å². The number of para-hydroxylation sites is 1. The highest BCUT2D eigenvalue weighted by molar-refractivity contribution is 6.03. The standard InChI is InChI=1S/C19H15N5O3/c1-2-24-22-19(21-23-24)20-17(25)13-9-7-12(8-10-13)15-11-14-5-3-4-6-16(14)27-18(15)26/h3-11H,2H2,1H3,(H,20,22,25). The third-order valence-corrected chi connectivity index (χ3v) is 4.06. The van der Waals surface area contributed by atoms with Crippen LogP contribution >= 0.6 is 0 Å². The molecule has 0 fully saturated rings. The van der Waals surface area contributed by atoms with Gasteiger partial charge in [-0.3, -0.25) is 10.1 Å². The number of carbonyl (C=O) groups is 1. The molecule has 2 heterocycles. The van der Waals surface area contributed by atoms with E-state index >= 15 is 0 Å². The first-order chi connectivity index (χ1) is 13.1. The molecule has 0 radical (unpaired) electrons. The molecule has 0 spiro atoms. The molecule has 0 atom stereocenters. The number of hydrogen-bond donors (Lipinski definition) is 1. The highest BCUT2D eigenvalue weighted by Gasteiger charge is 2.12. The van der Waals surface area contributed by atoms with Gasteiger partial charge in [-0.05, 0) is 42.0 Å². The van der Waals surface area contributed by atoms with Crippen LogP contribution in [0.1, 0.15) is 17.3 Å². The van der Waals surface area contributed by atoms with Crippen molar-refractivity contribution < 1.29 is 9.21 Å². The van der Waals surface area contributed by atoms with Crippen LogP contribution in [0.2, 0.25) is 0 Å². The van der Waals surface area contributed by atoms with Crippen LogP contribution in [0.4, 0.5) is 5.95 Å². The lowest BCUT2D eigenvalue weighted by Crippen LogP contribution is -2.13. The Hall–Kier alpha value is -3.81. The molecule has 0 bridgehead atoms. The molecule has 0 saturated heterocycles. The molecule has 2 aromatic carbocycles. The van der Waals surface area contributed by atoms with Crippen LogP contribution in [0.25, 0.3) is 22.1 Å². The van der Waals surface area contributed by atoms with E-state index in [0.717, 1.165) is 5.39 Å².